The fraction of sp³-hybridized carbons (Fsp3) is 0.583. The molecule has 0 saturated heterocycles. The first-order chi connectivity index (χ1) is 7.63. The van der Waals surface area contributed by atoms with Crippen LogP contribution in [0.2, 0.25) is 0 Å². The second-order valence-corrected chi connectivity index (χ2v) is 4.27. The molecule has 1 aliphatic carbocycles. The third-order valence-electron chi connectivity index (χ3n) is 3.16. The minimum absolute atomic E-state index is 0.200. The number of rotatable bonds is 4. The first-order valence-electron chi connectivity index (χ1n) is 5.53. The van der Waals surface area contributed by atoms with Gasteiger partial charge in [-0.05, 0) is 38.9 Å². The maximum absolute atomic E-state index is 11.2. The fourth-order valence-electron chi connectivity index (χ4n) is 1.79. The van der Waals surface area contributed by atoms with E-state index in [1.165, 1.54) is 20.0 Å². The number of esters is 1. The molecule has 2 rings (SSSR count). The highest BCUT2D eigenvalue weighted by atomic mass is 16.5. The van der Waals surface area contributed by atoms with Gasteiger partial charge in [0, 0.05) is 6.04 Å². The summed E-state index contributed by atoms with van der Waals surface area (Å²) in [7, 11) is 3.44. The summed E-state index contributed by atoms with van der Waals surface area (Å²) in [6, 6.07) is 4.38. The van der Waals surface area contributed by atoms with E-state index in [-0.39, 0.29) is 11.8 Å². The maximum atomic E-state index is 11.2. The Morgan fingerprint density at radius 1 is 1.56 bits per heavy atom. The zero-order chi connectivity index (χ0) is 11.7. The van der Waals surface area contributed by atoms with Gasteiger partial charge in [0.25, 0.3) is 0 Å². The van der Waals surface area contributed by atoms with Crippen molar-refractivity contribution in [3.05, 3.63) is 23.7 Å². The van der Waals surface area contributed by atoms with Gasteiger partial charge in [0.2, 0.25) is 5.76 Å². The molecule has 1 aromatic heterocycles. The number of ether oxygens (including phenoxy) is 1. The minimum atomic E-state index is -0.424. The molecule has 1 fully saturated rings. The van der Waals surface area contributed by atoms with Crippen LogP contribution in [-0.2, 0) is 4.74 Å². The van der Waals surface area contributed by atoms with Gasteiger partial charge in [-0.2, -0.15) is 0 Å². The van der Waals surface area contributed by atoms with E-state index >= 15 is 0 Å². The lowest BCUT2D eigenvalue weighted by Gasteiger charge is -2.22. The molecule has 1 unspecified atom stereocenters. The van der Waals surface area contributed by atoms with E-state index in [1.54, 1.807) is 6.07 Å². The maximum Gasteiger partial charge on any atom is 0.373 e. The van der Waals surface area contributed by atoms with Crippen molar-refractivity contribution in [2.45, 2.75) is 31.8 Å². The number of hydrogen-bond donors (Lipinski definition) is 0. The molecule has 1 aromatic rings. The van der Waals surface area contributed by atoms with Crippen molar-refractivity contribution in [2.24, 2.45) is 0 Å². The molecule has 1 atom stereocenters. The van der Waals surface area contributed by atoms with Crippen molar-refractivity contribution in [3.8, 4) is 0 Å². The molecule has 0 spiro atoms. The van der Waals surface area contributed by atoms with Crippen LogP contribution in [0.15, 0.2) is 16.5 Å². The zero-order valence-corrected chi connectivity index (χ0v) is 9.90. The van der Waals surface area contributed by atoms with Gasteiger partial charge in [-0.1, -0.05) is 0 Å². The molecule has 0 bridgehead atoms. The van der Waals surface area contributed by atoms with E-state index < -0.39 is 5.97 Å². The summed E-state index contributed by atoms with van der Waals surface area (Å²) in [5, 5.41) is 0. The third kappa shape index (κ3) is 2.11. The van der Waals surface area contributed by atoms with E-state index in [4.69, 9.17) is 4.42 Å². The lowest BCUT2D eigenvalue weighted by molar-refractivity contribution is 0.0559. The monoisotopic (exact) mass is 223 g/mol. The summed E-state index contributed by atoms with van der Waals surface area (Å²) in [5.41, 5.74) is 0. The number of methoxy groups -OCH3 is 1. The SMILES string of the molecule is COC(=O)c1ccc(C(C)N(C)C2CC2)o1. The molecular weight excluding hydrogens is 206 g/mol. The van der Waals surface area contributed by atoms with Crippen LogP contribution < -0.4 is 0 Å². The molecule has 0 N–H and O–H groups in total. The average molecular weight is 223 g/mol. The molecule has 4 heteroatoms. The van der Waals surface area contributed by atoms with Crippen molar-refractivity contribution in [3.63, 3.8) is 0 Å². The molecule has 16 heavy (non-hydrogen) atoms. The molecular formula is C12H17NO3. The third-order valence-corrected chi connectivity index (χ3v) is 3.16. The summed E-state index contributed by atoms with van der Waals surface area (Å²) in [6.07, 6.45) is 2.51. The zero-order valence-electron chi connectivity index (χ0n) is 9.90. The smallest absolute Gasteiger partial charge is 0.373 e. The number of carbonyl (C=O) groups excluding carboxylic acids is 1. The molecule has 1 heterocycles. The second kappa shape index (κ2) is 4.29. The normalized spacial score (nSPS) is 17.5. The van der Waals surface area contributed by atoms with Crippen molar-refractivity contribution in [1.82, 2.24) is 4.90 Å². The van der Waals surface area contributed by atoms with Gasteiger partial charge in [-0.15, -0.1) is 0 Å². The highest BCUT2D eigenvalue weighted by molar-refractivity contribution is 5.86. The molecule has 0 aromatic carbocycles. The number of nitrogens with zero attached hydrogens (tertiary/aromatic N) is 1. The van der Waals surface area contributed by atoms with Gasteiger partial charge in [0.05, 0.1) is 13.2 Å². The molecule has 1 aliphatic rings. The topological polar surface area (TPSA) is 42.7 Å². The largest absolute Gasteiger partial charge is 0.463 e. The predicted molar refractivity (Wildman–Crippen MR) is 59.2 cm³/mol. The molecule has 0 radical (unpaired) electrons. The van der Waals surface area contributed by atoms with E-state index in [0.717, 1.165) is 5.76 Å². The summed E-state index contributed by atoms with van der Waals surface area (Å²) in [4.78, 5) is 13.5. The lowest BCUT2D eigenvalue weighted by Crippen LogP contribution is -2.24. The predicted octanol–water partition coefficient (Wildman–Crippen LogP) is 2.22. The average Bonchev–Trinajstić information content (AvgIpc) is 3.03. The Kier molecular flexibility index (Phi) is 3.01. The fourth-order valence-corrected chi connectivity index (χ4v) is 1.79. The van der Waals surface area contributed by atoms with Crippen LogP contribution >= 0.6 is 0 Å². The number of hydrogen-bond acceptors (Lipinski definition) is 4. The van der Waals surface area contributed by atoms with Gasteiger partial charge >= 0.3 is 5.97 Å². The Balaban J connectivity index is 2.08. The first-order valence-corrected chi connectivity index (χ1v) is 5.53. The summed E-state index contributed by atoms with van der Waals surface area (Å²) < 4.78 is 10.1. The van der Waals surface area contributed by atoms with Crippen molar-refractivity contribution in [2.75, 3.05) is 14.2 Å². The van der Waals surface area contributed by atoms with Crippen LogP contribution in [0.3, 0.4) is 0 Å². The van der Waals surface area contributed by atoms with Crippen molar-refractivity contribution < 1.29 is 13.9 Å². The van der Waals surface area contributed by atoms with Gasteiger partial charge in [0.1, 0.15) is 5.76 Å². The lowest BCUT2D eigenvalue weighted by atomic mass is 10.2. The Bertz CT molecular complexity index is 381. The summed E-state index contributed by atoms with van der Waals surface area (Å²) >= 11 is 0. The van der Waals surface area contributed by atoms with E-state index in [2.05, 4.69) is 23.6 Å². The van der Waals surface area contributed by atoms with Gasteiger partial charge in [-0.3, -0.25) is 4.90 Å². The van der Waals surface area contributed by atoms with Crippen molar-refractivity contribution in [1.29, 1.82) is 0 Å². The molecule has 4 nitrogen and oxygen atoms in total. The highest BCUT2D eigenvalue weighted by Crippen LogP contribution is 2.33. The van der Waals surface area contributed by atoms with Crippen molar-refractivity contribution >= 4 is 5.97 Å². The summed E-state index contributed by atoms with van der Waals surface area (Å²) in [5.74, 6) is 0.663. The quantitative estimate of drug-likeness (QED) is 0.734. The van der Waals surface area contributed by atoms with Gasteiger partial charge in [0.15, 0.2) is 0 Å². The Labute approximate surface area is 95.2 Å². The molecule has 88 valence electrons. The van der Waals surface area contributed by atoms with Gasteiger partial charge in [-0.25, -0.2) is 4.79 Å². The molecule has 1 saturated carbocycles. The molecule has 0 aliphatic heterocycles. The Morgan fingerprint density at radius 2 is 2.25 bits per heavy atom. The van der Waals surface area contributed by atoms with Crippen LogP contribution in [-0.4, -0.2) is 31.1 Å². The van der Waals surface area contributed by atoms with E-state index in [0.29, 0.717) is 6.04 Å². The van der Waals surface area contributed by atoms with Crippen LogP contribution in [0.4, 0.5) is 0 Å². The van der Waals surface area contributed by atoms with Gasteiger partial charge < -0.3 is 9.15 Å². The van der Waals surface area contributed by atoms with Crippen LogP contribution in [0.5, 0.6) is 0 Å². The van der Waals surface area contributed by atoms with Crippen LogP contribution in [0, 0.1) is 0 Å². The van der Waals surface area contributed by atoms with E-state index in [1.807, 2.05) is 6.07 Å². The number of carbonyl (C=O) groups is 1. The number of furan rings is 1. The minimum Gasteiger partial charge on any atom is -0.463 e. The molecule has 0 amide bonds. The van der Waals surface area contributed by atoms with Crippen LogP contribution in [0.1, 0.15) is 42.1 Å². The highest BCUT2D eigenvalue weighted by Gasteiger charge is 2.31. The second-order valence-electron chi connectivity index (χ2n) is 4.27. The Hall–Kier alpha value is -1.29. The summed E-state index contributed by atoms with van der Waals surface area (Å²) in [6.45, 7) is 2.08. The van der Waals surface area contributed by atoms with E-state index in [9.17, 15) is 4.79 Å². The first kappa shape index (κ1) is 11.2. The standard InChI is InChI=1S/C12H17NO3/c1-8(13(2)9-4-5-9)10-6-7-11(16-10)12(14)15-3/h6-9H,4-5H2,1-3H3. The van der Waals surface area contributed by atoms with Crippen LogP contribution in [0.25, 0.3) is 0 Å². The Morgan fingerprint density at radius 3 is 2.81 bits per heavy atom.